The number of hydrogen-bond donors (Lipinski definition) is 0. The molecule has 0 aliphatic carbocycles. The van der Waals surface area contributed by atoms with E-state index in [0.29, 0.717) is 11.7 Å². The van der Waals surface area contributed by atoms with Gasteiger partial charge in [-0.1, -0.05) is 0 Å². The van der Waals surface area contributed by atoms with E-state index in [9.17, 15) is 4.79 Å². The second-order valence-electron chi connectivity index (χ2n) is 6.26. The van der Waals surface area contributed by atoms with Crippen molar-refractivity contribution >= 4 is 5.78 Å². The van der Waals surface area contributed by atoms with E-state index in [-0.39, 0.29) is 0 Å². The topological polar surface area (TPSA) is 23.6 Å². The summed E-state index contributed by atoms with van der Waals surface area (Å²) in [5.41, 5.74) is 0. The van der Waals surface area contributed by atoms with Crippen molar-refractivity contribution in [2.24, 2.45) is 11.8 Å². The summed E-state index contributed by atoms with van der Waals surface area (Å²) in [5, 5.41) is 0. The molecule has 0 unspecified atom stereocenters. The molecule has 2 aliphatic rings. The van der Waals surface area contributed by atoms with Crippen LogP contribution in [0.5, 0.6) is 0 Å². The summed E-state index contributed by atoms with van der Waals surface area (Å²) in [6, 6.07) is 0. The van der Waals surface area contributed by atoms with Gasteiger partial charge in [0, 0.05) is 5.92 Å². The van der Waals surface area contributed by atoms with E-state index < -0.39 is 0 Å². The summed E-state index contributed by atoms with van der Waals surface area (Å²) in [7, 11) is 2.22. The number of carbonyl (C=O) groups is 1. The van der Waals surface area contributed by atoms with Crippen LogP contribution in [-0.4, -0.2) is 55.4 Å². The molecule has 0 atom stereocenters. The Morgan fingerprint density at radius 1 is 1.06 bits per heavy atom. The first-order chi connectivity index (χ1) is 8.65. The molecule has 3 heteroatoms. The summed E-state index contributed by atoms with van der Waals surface area (Å²) in [5.74, 6) is 1.68. The quantitative estimate of drug-likeness (QED) is 0.765. The van der Waals surface area contributed by atoms with Gasteiger partial charge in [0.05, 0.1) is 0 Å². The van der Waals surface area contributed by atoms with Crippen molar-refractivity contribution in [2.45, 2.75) is 39.0 Å². The standard InChI is InChI=1S/C15H28N2O/c1-13(18)15-6-11-17(12-7-15)10-5-14-3-8-16(2)9-4-14/h14-15H,3-12H2,1-2H3. The van der Waals surface area contributed by atoms with Crippen LogP contribution in [0.15, 0.2) is 0 Å². The highest BCUT2D eigenvalue weighted by Crippen LogP contribution is 2.22. The van der Waals surface area contributed by atoms with E-state index >= 15 is 0 Å². The lowest BCUT2D eigenvalue weighted by Gasteiger charge is -2.33. The van der Waals surface area contributed by atoms with Crippen molar-refractivity contribution in [2.75, 3.05) is 39.8 Å². The molecule has 0 bridgehead atoms. The first kappa shape index (κ1) is 14.0. The molecule has 3 nitrogen and oxygen atoms in total. The van der Waals surface area contributed by atoms with Crippen molar-refractivity contribution in [1.29, 1.82) is 0 Å². The molecule has 0 aromatic carbocycles. The van der Waals surface area contributed by atoms with Gasteiger partial charge in [-0.05, 0) is 84.7 Å². The van der Waals surface area contributed by atoms with Crippen molar-refractivity contribution in [1.82, 2.24) is 9.80 Å². The molecule has 2 fully saturated rings. The van der Waals surface area contributed by atoms with Crippen LogP contribution in [0.3, 0.4) is 0 Å². The van der Waals surface area contributed by atoms with Gasteiger partial charge in [0.2, 0.25) is 0 Å². The number of Topliss-reactive ketones (excluding diaryl/α,β-unsaturated/α-hetero) is 1. The van der Waals surface area contributed by atoms with Gasteiger partial charge in [0.25, 0.3) is 0 Å². The monoisotopic (exact) mass is 252 g/mol. The molecule has 0 radical (unpaired) electrons. The van der Waals surface area contributed by atoms with Gasteiger partial charge < -0.3 is 9.80 Å². The van der Waals surface area contributed by atoms with Gasteiger partial charge in [-0.25, -0.2) is 0 Å². The minimum Gasteiger partial charge on any atom is -0.306 e. The fourth-order valence-corrected chi connectivity index (χ4v) is 3.28. The predicted molar refractivity (Wildman–Crippen MR) is 74.7 cm³/mol. The maximum Gasteiger partial charge on any atom is 0.133 e. The highest BCUT2D eigenvalue weighted by molar-refractivity contribution is 5.78. The SMILES string of the molecule is CC(=O)C1CCN(CCC2CCN(C)CC2)CC1. The number of hydrogen-bond acceptors (Lipinski definition) is 3. The average molecular weight is 252 g/mol. The maximum absolute atomic E-state index is 11.3. The molecule has 0 spiro atoms. The minimum absolute atomic E-state index is 0.351. The van der Waals surface area contributed by atoms with Crippen LogP contribution in [0, 0.1) is 11.8 Å². The van der Waals surface area contributed by atoms with Gasteiger partial charge >= 0.3 is 0 Å². The van der Waals surface area contributed by atoms with Crippen LogP contribution < -0.4 is 0 Å². The minimum atomic E-state index is 0.351. The number of ketones is 1. The lowest BCUT2D eigenvalue weighted by molar-refractivity contribution is -0.122. The summed E-state index contributed by atoms with van der Waals surface area (Å²) < 4.78 is 0. The Labute approximate surface area is 112 Å². The first-order valence-corrected chi connectivity index (χ1v) is 7.56. The van der Waals surface area contributed by atoms with E-state index in [1.54, 1.807) is 6.92 Å². The number of rotatable bonds is 4. The summed E-state index contributed by atoms with van der Waals surface area (Å²) >= 11 is 0. The molecular weight excluding hydrogens is 224 g/mol. The third kappa shape index (κ3) is 4.06. The second kappa shape index (κ2) is 6.67. The first-order valence-electron chi connectivity index (χ1n) is 7.56. The van der Waals surface area contributed by atoms with Crippen LogP contribution in [0.1, 0.15) is 39.0 Å². The summed E-state index contributed by atoms with van der Waals surface area (Å²) in [6.07, 6.45) is 6.28. The Balaban J connectivity index is 1.62. The molecular formula is C15H28N2O. The van der Waals surface area contributed by atoms with E-state index in [2.05, 4.69) is 16.8 Å². The molecule has 104 valence electrons. The summed E-state index contributed by atoms with van der Waals surface area (Å²) in [4.78, 5) is 16.3. The zero-order valence-electron chi connectivity index (χ0n) is 12.0. The van der Waals surface area contributed by atoms with Gasteiger partial charge in [0.15, 0.2) is 0 Å². The molecule has 2 heterocycles. The molecule has 2 saturated heterocycles. The van der Waals surface area contributed by atoms with Crippen LogP contribution in [0.25, 0.3) is 0 Å². The van der Waals surface area contributed by atoms with Crippen molar-refractivity contribution in [3.63, 3.8) is 0 Å². The molecule has 0 N–H and O–H groups in total. The molecule has 2 aliphatic heterocycles. The smallest absolute Gasteiger partial charge is 0.133 e. The zero-order chi connectivity index (χ0) is 13.0. The Morgan fingerprint density at radius 3 is 2.22 bits per heavy atom. The lowest BCUT2D eigenvalue weighted by Crippen LogP contribution is -2.38. The molecule has 2 rings (SSSR count). The molecule has 0 aromatic heterocycles. The van der Waals surface area contributed by atoms with Crippen molar-refractivity contribution < 1.29 is 4.79 Å². The number of nitrogens with zero attached hydrogens (tertiary/aromatic N) is 2. The largest absolute Gasteiger partial charge is 0.306 e. The highest BCUT2D eigenvalue weighted by atomic mass is 16.1. The molecule has 0 amide bonds. The second-order valence-corrected chi connectivity index (χ2v) is 6.26. The number of piperidine rings is 2. The Hall–Kier alpha value is -0.410. The van der Waals surface area contributed by atoms with E-state index in [4.69, 9.17) is 0 Å². The van der Waals surface area contributed by atoms with Crippen LogP contribution in [0.4, 0.5) is 0 Å². The van der Waals surface area contributed by atoms with Crippen LogP contribution in [-0.2, 0) is 4.79 Å². The van der Waals surface area contributed by atoms with Crippen LogP contribution in [0.2, 0.25) is 0 Å². The predicted octanol–water partition coefficient (Wildman–Crippen LogP) is 2.02. The van der Waals surface area contributed by atoms with Crippen LogP contribution >= 0.6 is 0 Å². The van der Waals surface area contributed by atoms with Gasteiger partial charge in [-0.15, -0.1) is 0 Å². The van der Waals surface area contributed by atoms with Gasteiger partial charge in [-0.2, -0.15) is 0 Å². The Morgan fingerprint density at radius 2 is 1.67 bits per heavy atom. The number of likely N-dealkylation sites (tertiary alicyclic amines) is 2. The Kier molecular flexibility index (Phi) is 5.19. The normalized spacial score (nSPS) is 25.4. The highest BCUT2D eigenvalue weighted by Gasteiger charge is 2.23. The Bertz CT molecular complexity index is 264. The molecule has 0 saturated carbocycles. The molecule has 18 heavy (non-hydrogen) atoms. The van der Waals surface area contributed by atoms with Crippen molar-refractivity contribution in [3.05, 3.63) is 0 Å². The lowest BCUT2D eigenvalue weighted by atomic mass is 9.91. The third-order valence-corrected chi connectivity index (χ3v) is 4.85. The fraction of sp³-hybridized carbons (Fsp3) is 0.933. The third-order valence-electron chi connectivity index (χ3n) is 4.85. The average Bonchev–Trinajstić information content (AvgIpc) is 2.38. The van der Waals surface area contributed by atoms with Gasteiger partial charge in [-0.3, -0.25) is 4.79 Å². The molecule has 0 aromatic rings. The fourth-order valence-electron chi connectivity index (χ4n) is 3.28. The number of carbonyl (C=O) groups excluding carboxylic acids is 1. The maximum atomic E-state index is 11.3. The van der Waals surface area contributed by atoms with Gasteiger partial charge in [0.1, 0.15) is 5.78 Å². The van der Waals surface area contributed by atoms with E-state index in [1.807, 2.05) is 0 Å². The van der Waals surface area contributed by atoms with E-state index in [1.165, 1.54) is 38.9 Å². The van der Waals surface area contributed by atoms with E-state index in [0.717, 1.165) is 31.8 Å². The zero-order valence-corrected chi connectivity index (χ0v) is 12.0. The summed E-state index contributed by atoms with van der Waals surface area (Å²) in [6.45, 7) is 7.82. The van der Waals surface area contributed by atoms with Crippen molar-refractivity contribution in [3.8, 4) is 0 Å².